The van der Waals surface area contributed by atoms with Gasteiger partial charge in [-0.25, -0.2) is 9.59 Å². The van der Waals surface area contributed by atoms with E-state index in [9.17, 15) is 14.4 Å². The number of ether oxygens (including phenoxy) is 2. The normalized spacial score (nSPS) is 16.4. The molecule has 7 nitrogen and oxygen atoms in total. The summed E-state index contributed by atoms with van der Waals surface area (Å²) in [6.07, 6.45) is 2.47. The van der Waals surface area contributed by atoms with E-state index in [0.29, 0.717) is 12.2 Å². The molecule has 1 aromatic carbocycles. The maximum atomic E-state index is 12.2. The Balaban J connectivity index is 1.80. The van der Waals surface area contributed by atoms with Crippen molar-refractivity contribution in [2.75, 3.05) is 0 Å². The number of urea groups is 1. The van der Waals surface area contributed by atoms with E-state index in [0.717, 1.165) is 25.7 Å². The molecule has 0 bridgehead atoms. The monoisotopic (exact) mass is 362 g/mol. The van der Waals surface area contributed by atoms with Crippen LogP contribution in [0.3, 0.4) is 0 Å². The van der Waals surface area contributed by atoms with Crippen LogP contribution in [0.15, 0.2) is 30.3 Å². The number of carbonyl (C=O) groups excluding carboxylic acids is 3. The summed E-state index contributed by atoms with van der Waals surface area (Å²) in [5.41, 5.74) is 0. The lowest BCUT2D eigenvalue weighted by atomic mass is 10.2. The quantitative estimate of drug-likeness (QED) is 0.727. The molecular formula is C19H26N2O5. The van der Waals surface area contributed by atoms with Crippen LogP contribution in [0.1, 0.15) is 46.0 Å². The van der Waals surface area contributed by atoms with Gasteiger partial charge in [-0.15, -0.1) is 0 Å². The Kier molecular flexibility index (Phi) is 7.44. The van der Waals surface area contributed by atoms with Crippen molar-refractivity contribution in [3.05, 3.63) is 30.3 Å². The van der Waals surface area contributed by atoms with Crippen molar-refractivity contribution < 1.29 is 23.9 Å². The maximum absolute atomic E-state index is 12.2. The van der Waals surface area contributed by atoms with E-state index in [1.807, 2.05) is 6.07 Å². The van der Waals surface area contributed by atoms with Gasteiger partial charge in [0.15, 0.2) is 12.2 Å². The first-order chi connectivity index (χ1) is 12.5. The van der Waals surface area contributed by atoms with Crippen molar-refractivity contribution in [2.45, 2.75) is 64.2 Å². The predicted molar refractivity (Wildman–Crippen MR) is 95.6 cm³/mol. The first-order valence-electron chi connectivity index (χ1n) is 9.03. The molecule has 0 spiro atoms. The molecule has 2 atom stereocenters. The smallest absolute Gasteiger partial charge is 0.348 e. The van der Waals surface area contributed by atoms with Gasteiger partial charge in [-0.1, -0.05) is 38.0 Å². The topological polar surface area (TPSA) is 93.7 Å². The Bertz CT molecular complexity index is 614. The zero-order valence-electron chi connectivity index (χ0n) is 15.2. The molecule has 3 amide bonds. The van der Waals surface area contributed by atoms with Crippen LogP contribution < -0.4 is 15.4 Å². The van der Waals surface area contributed by atoms with E-state index in [1.54, 1.807) is 31.2 Å². The van der Waals surface area contributed by atoms with E-state index < -0.39 is 30.1 Å². The van der Waals surface area contributed by atoms with E-state index in [1.165, 1.54) is 6.92 Å². The van der Waals surface area contributed by atoms with Crippen molar-refractivity contribution in [1.82, 2.24) is 10.6 Å². The van der Waals surface area contributed by atoms with E-state index in [2.05, 4.69) is 10.6 Å². The van der Waals surface area contributed by atoms with Crippen LogP contribution >= 0.6 is 0 Å². The molecule has 1 fully saturated rings. The largest absolute Gasteiger partial charge is 0.479 e. The minimum atomic E-state index is -1.09. The third-order valence-corrected chi connectivity index (χ3v) is 4.24. The summed E-state index contributed by atoms with van der Waals surface area (Å²) < 4.78 is 10.7. The van der Waals surface area contributed by atoms with Crippen molar-refractivity contribution in [3.8, 4) is 5.75 Å². The molecule has 1 aromatic rings. The third kappa shape index (κ3) is 6.06. The molecule has 26 heavy (non-hydrogen) atoms. The number of imide groups is 1. The fourth-order valence-corrected chi connectivity index (χ4v) is 2.77. The molecule has 2 N–H and O–H groups in total. The average Bonchev–Trinajstić information content (AvgIpc) is 3.13. The fourth-order valence-electron chi connectivity index (χ4n) is 2.77. The number of carbonyl (C=O) groups is 3. The molecule has 142 valence electrons. The minimum absolute atomic E-state index is 0.101. The van der Waals surface area contributed by atoms with E-state index >= 15 is 0 Å². The lowest BCUT2D eigenvalue weighted by Crippen LogP contribution is -2.48. The molecule has 0 aliphatic heterocycles. The fraction of sp³-hybridized carbons (Fsp3) is 0.526. The first kappa shape index (κ1) is 19.8. The number of benzene rings is 1. The molecule has 1 aliphatic rings. The number of esters is 1. The molecule has 0 unspecified atom stereocenters. The van der Waals surface area contributed by atoms with Gasteiger partial charge in [-0.2, -0.15) is 0 Å². The second-order valence-electron chi connectivity index (χ2n) is 6.35. The summed E-state index contributed by atoms with van der Waals surface area (Å²) >= 11 is 0. The number of hydrogen-bond donors (Lipinski definition) is 2. The molecule has 7 heteroatoms. The number of hydrogen-bond acceptors (Lipinski definition) is 5. The van der Waals surface area contributed by atoms with Crippen molar-refractivity contribution >= 4 is 17.9 Å². The number of amides is 3. The Hall–Kier alpha value is -2.57. The van der Waals surface area contributed by atoms with Crippen LogP contribution in [-0.2, 0) is 14.3 Å². The van der Waals surface area contributed by atoms with Crippen LogP contribution in [-0.4, -0.2) is 36.2 Å². The van der Waals surface area contributed by atoms with Gasteiger partial charge in [-0.05, 0) is 38.3 Å². The lowest BCUT2D eigenvalue weighted by Gasteiger charge is -2.19. The van der Waals surface area contributed by atoms with Gasteiger partial charge in [0.05, 0.1) is 0 Å². The highest BCUT2D eigenvalue weighted by molar-refractivity contribution is 5.97. The van der Waals surface area contributed by atoms with Gasteiger partial charge in [0.1, 0.15) is 5.75 Å². The lowest BCUT2D eigenvalue weighted by molar-refractivity contribution is -0.161. The first-order valence-corrected chi connectivity index (χ1v) is 9.03. The Labute approximate surface area is 153 Å². The average molecular weight is 362 g/mol. The van der Waals surface area contributed by atoms with Gasteiger partial charge in [0, 0.05) is 6.04 Å². The minimum Gasteiger partial charge on any atom is -0.479 e. The molecule has 0 radical (unpaired) electrons. The van der Waals surface area contributed by atoms with Crippen molar-refractivity contribution in [1.29, 1.82) is 0 Å². The molecule has 0 aromatic heterocycles. The summed E-state index contributed by atoms with van der Waals surface area (Å²) in [5, 5.41) is 4.96. The van der Waals surface area contributed by atoms with Gasteiger partial charge in [0.2, 0.25) is 0 Å². The summed E-state index contributed by atoms with van der Waals surface area (Å²) in [4.78, 5) is 36.1. The van der Waals surface area contributed by atoms with Crippen LogP contribution in [0.2, 0.25) is 0 Å². The second-order valence-corrected chi connectivity index (χ2v) is 6.35. The Morgan fingerprint density at radius 3 is 2.42 bits per heavy atom. The van der Waals surface area contributed by atoms with Gasteiger partial charge < -0.3 is 14.8 Å². The summed E-state index contributed by atoms with van der Waals surface area (Å²) in [5.74, 6) is -0.761. The van der Waals surface area contributed by atoms with E-state index in [-0.39, 0.29) is 6.04 Å². The molecule has 0 heterocycles. The van der Waals surface area contributed by atoms with Crippen molar-refractivity contribution in [3.63, 3.8) is 0 Å². The highest BCUT2D eigenvalue weighted by atomic mass is 16.6. The van der Waals surface area contributed by atoms with Crippen LogP contribution in [0.25, 0.3) is 0 Å². The second kappa shape index (κ2) is 9.79. The highest BCUT2D eigenvalue weighted by Crippen LogP contribution is 2.17. The maximum Gasteiger partial charge on any atom is 0.348 e. The van der Waals surface area contributed by atoms with Crippen LogP contribution in [0.5, 0.6) is 5.75 Å². The molecular weight excluding hydrogens is 336 g/mol. The van der Waals surface area contributed by atoms with Crippen LogP contribution in [0, 0.1) is 0 Å². The van der Waals surface area contributed by atoms with Gasteiger partial charge in [-0.3, -0.25) is 10.1 Å². The zero-order chi connectivity index (χ0) is 18.9. The summed E-state index contributed by atoms with van der Waals surface area (Å²) in [6, 6.07) is 8.45. The number of para-hydroxylation sites is 1. The molecule has 1 saturated carbocycles. The zero-order valence-corrected chi connectivity index (χ0v) is 15.2. The molecule has 1 aliphatic carbocycles. The summed E-state index contributed by atoms with van der Waals surface area (Å²) in [6.45, 7) is 3.21. The third-order valence-electron chi connectivity index (χ3n) is 4.24. The summed E-state index contributed by atoms with van der Waals surface area (Å²) in [7, 11) is 0. The number of rotatable bonds is 7. The van der Waals surface area contributed by atoms with Crippen molar-refractivity contribution in [2.24, 2.45) is 0 Å². The standard InChI is InChI=1S/C19H26N2O5/c1-3-16(26-15-11-5-4-6-12-15)18(23)25-13(2)17(22)21-19(24)20-14-9-7-8-10-14/h4-6,11-14,16H,3,7-10H2,1-2H3,(H2,20,21,22,24)/t13-,16-/m1/s1. The Morgan fingerprint density at radius 2 is 1.81 bits per heavy atom. The van der Waals surface area contributed by atoms with Gasteiger partial charge in [0.25, 0.3) is 5.91 Å². The SMILES string of the molecule is CC[C@@H](Oc1ccccc1)C(=O)O[C@H](C)C(=O)NC(=O)NC1CCCC1. The Morgan fingerprint density at radius 1 is 1.15 bits per heavy atom. The molecule has 0 saturated heterocycles. The van der Waals surface area contributed by atoms with E-state index in [4.69, 9.17) is 9.47 Å². The number of nitrogens with one attached hydrogen (secondary N) is 2. The highest BCUT2D eigenvalue weighted by Gasteiger charge is 2.27. The molecule has 2 rings (SSSR count). The predicted octanol–water partition coefficient (Wildman–Crippen LogP) is 2.54. The van der Waals surface area contributed by atoms with Crippen LogP contribution in [0.4, 0.5) is 4.79 Å². The van der Waals surface area contributed by atoms with Gasteiger partial charge >= 0.3 is 12.0 Å².